The summed E-state index contributed by atoms with van der Waals surface area (Å²) < 4.78 is 0. The summed E-state index contributed by atoms with van der Waals surface area (Å²) in [6.45, 7) is 17.9. The molecule has 0 aromatic carbocycles. The summed E-state index contributed by atoms with van der Waals surface area (Å²) in [7, 11) is 0. The van der Waals surface area contributed by atoms with Crippen molar-refractivity contribution in [1.29, 1.82) is 0 Å². The van der Waals surface area contributed by atoms with E-state index in [-0.39, 0.29) is 33.7 Å². The van der Waals surface area contributed by atoms with Crippen LogP contribution in [0.4, 0.5) is 0 Å². The first-order valence-electron chi connectivity index (χ1n) is 13.6. The van der Waals surface area contributed by atoms with Gasteiger partial charge in [-0.15, -0.1) is 0 Å². The van der Waals surface area contributed by atoms with E-state index < -0.39 is 11.7 Å². The second-order valence-electron chi connectivity index (χ2n) is 14.2. The Bertz CT molecular complexity index is 819. The van der Waals surface area contributed by atoms with Gasteiger partial charge in [0.15, 0.2) is 0 Å². The second-order valence-corrected chi connectivity index (χ2v) is 14.2. The van der Waals surface area contributed by atoms with Crippen LogP contribution in [0.5, 0.6) is 0 Å². The molecule has 0 aromatic rings. The first-order valence-corrected chi connectivity index (χ1v) is 13.6. The van der Waals surface area contributed by atoms with Crippen LogP contribution in [0.2, 0.25) is 0 Å². The van der Waals surface area contributed by atoms with Crippen LogP contribution in [0.1, 0.15) is 100 Å². The lowest BCUT2D eigenvalue weighted by Crippen LogP contribution is -2.62. The predicted molar refractivity (Wildman–Crippen MR) is 136 cm³/mol. The number of rotatable bonds is 4. The first kappa shape index (κ1) is 25.5. The van der Waals surface area contributed by atoms with E-state index in [4.69, 9.17) is 0 Å². The van der Waals surface area contributed by atoms with Gasteiger partial charge in [0.2, 0.25) is 0 Å². The minimum Gasteiger partial charge on any atom is -0.392 e. The highest BCUT2D eigenvalue weighted by Gasteiger charge is 2.69. The largest absolute Gasteiger partial charge is 0.392 e. The van der Waals surface area contributed by atoms with E-state index >= 15 is 0 Å². The van der Waals surface area contributed by atoms with E-state index in [1.165, 1.54) is 24.8 Å². The Morgan fingerprint density at radius 3 is 2.30 bits per heavy atom. The topological polar surface area (TPSA) is 60.7 Å². The Hall–Kier alpha value is -0.640. The van der Waals surface area contributed by atoms with Crippen LogP contribution < -0.4 is 0 Å². The van der Waals surface area contributed by atoms with Gasteiger partial charge in [-0.2, -0.15) is 0 Å². The number of fused-ring (bicyclic) bond motifs is 5. The summed E-state index contributed by atoms with van der Waals surface area (Å²) in [6.07, 6.45) is 13.3. The van der Waals surface area contributed by atoms with Gasteiger partial charge in [0, 0.05) is 11.3 Å². The fraction of sp³-hybridized carbons (Fsp3) is 0.867. The van der Waals surface area contributed by atoms with Crippen LogP contribution in [-0.2, 0) is 0 Å². The van der Waals surface area contributed by atoms with Crippen LogP contribution in [0.25, 0.3) is 0 Å². The first-order chi connectivity index (χ1) is 15.1. The third-order valence-electron chi connectivity index (χ3n) is 11.6. The maximum atomic E-state index is 11.7. The Morgan fingerprint density at radius 2 is 1.67 bits per heavy atom. The van der Waals surface area contributed by atoms with Crippen molar-refractivity contribution in [3.63, 3.8) is 0 Å². The molecule has 0 radical (unpaired) electrons. The lowest BCUT2D eigenvalue weighted by molar-refractivity contribution is -0.177. The average molecular weight is 459 g/mol. The fourth-order valence-corrected chi connectivity index (χ4v) is 9.46. The molecule has 3 saturated carbocycles. The highest BCUT2D eigenvalue weighted by molar-refractivity contribution is 5.32. The van der Waals surface area contributed by atoms with Crippen molar-refractivity contribution >= 4 is 0 Å². The molecule has 0 spiro atoms. The molecule has 33 heavy (non-hydrogen) atoms. The molecule has 3 nitrogen and oxygen atoms in total. The average Bonchev–Trinajstić information content (AvgIpc) is 2.95. The summed E-state index contributed by atoms with van der Waals surface area (Å²) in [5.41, 5.74) is 0.737. The van der Waals surface area contributed by atoms with Gasteiger partial charge >= 0.3 is 0 Å². The molecule has 0 saturated heterocycles. The molecule has 0 heterocycles. The number of allylic oxidation sites excluding steroid dienone is 1. The van der Waals surface area contributed by atoms with Gasteiger partial charge in [0.1, 0.15) is 0 Å². The zero-order chi connectivity index (χ0) is 24.6. The standard InChI is InChI=1S/C30H50O3/c1-19(10-9-14-26(2,3)33)20-13-15-30(8)25-23(31)18-22-21(11-12-24(32)27(22,4)5)28(25,6)16-17-29(20,30)7/h9,14,18-21,23-25,31-33H,10-13,15-17H2,1-8H3/b14-9+/t19-,20-,21-,23+,24+,25-,28+,29-,30+/m1/s1. The Labute approximate surface area is 202 Å². The summed E-state index contributed by atoms with van der Waals surface area (Å²) >= 11 is 0. The lowest BCUT2D eigenvalue weighted by Gasteiger charge is -2.66. The summed E-state index contributed by atoms with van der Waals surface area (Å²) in [6, 6.07) is 0. The van der Waals surface area contributed by atoms with Gasteiger partial charge in [-0.3, -0.25) is 0 Å². The van der Waals surface area contributed by atoms with E-state index in [1.807, 2.05) is 19.9 Å². The molecular weight excluding hydrogens is 408 g/mol. The normalized spacial score (nSPS) is 48.1. The highest BCUT2D eigenvalue weighted by atomic mass is 16.3. The molecule has 0 bridgehead atoms. The van der Waals surface area contributed by atoms with Gasteiger partial charge in [0.25, 0.3) is 0 Å². The summed E-state index contributed by atoms with van der Waals surface area (Å²) in [5, 5.41) is 32.5. The van der Waals surface area contributed by atoms with Crippen molar-refractivity contribution in [3.8, 4) is 0 Å². The molecule has 0 unspecified atom stereocenters. The minimum atomic E-state index is -0.752. The third kappa shape index (κ3) is 3.71. The molecule has 3 heteroatoms. The van der Waals surface area contributed by atoms with Crippen molar-refractivity contribution in [2.24, 2.45) is 45.3 Å². The van der Waals surface area contributed by atoms with Crippen LogP contribution >= 0.6 is 0 Å². The van der Waals surface area contributed by atoms with Crippen molar-refractivity contribution in [2.75, 3.05) is 0 Å². The van der Waals surface area contributed by atoms with Gasteiger partial charge in [-0.05, 0) is 92.8 Å². The van der Waals surface area contributed by atoms with Crippen LogP contribution in [-0.4, -0.2) is 33.1 Å². The Kier molecular flexibility index (Phi) is 6.12. The van der Waals surface area contributed by atoms with E-state index in [1.54, 1.807) is 0 Å². The van der Waals surface area contributed by atoms with Crippen molar-refractivity contribution in [2.45, 2.75) is 118 Å². The van der Waals surface area contributed by atoms with E-state index in [9.17, 15) is 15.3 Å². The molecule has 4 rings (SSSR count). The lowest BCUT2D eigenvalue weighted by atomic mass is 9.38. The molecule has 0 amide bonds. The Morgan fingerprint density at radius 1 is 1.00 bits per heavy atom. The highest BCUT2D eigenvalue weighted by Crippen LogP contribution is 2.74. The molecule has 0 aliphatic heterocycles. The molecule has 3 N–H and O–H groups in total. The monoisotopic (exact) mass is 458 g/mol. The molecule has 0 aromatic heterocycles. The number of hydrogen-bond acceptors (Lipinski definition) is 3. The molecule has 3 fully saturated rings. The summed E-state index contributed by atoms with van der Waals surface area (Å²) in [5.74, 6) is 1.95. The number of aliphatic hydroxyl groups is 3. The van der Waals surface area contributed by atoms with Crippen LogP contribution in [0.3, 0.4) is 0 Å². The zero-order valence-electron chi connectivity index (χ0n) is 22.5. The predicted octanol–water partition coefficient (Wildman–Crippen LogP) is 6.28. The third-order valence-corrected chi connectivity index (χ3v) is 11.6. The summed E-state index contributed by atoms with van der Waals surface area (Å²) in [4.78, 5) is 0. The maximum absolute atomic E-state index is 11.7. The number of hydrogen-bond donors (Lipinski definition) is 3. The van der Waals surface area contributed by atoms with Crippen molar-refractivity contribution in [1.82, 2.24) is 0 Å². The van der Waals surface area contributed by atoms with Crippen molar-refractivity contribution < 1.29 is 15.3 Å². The van der Waals surface area contributed by atoms with E-state index in [0.29, 0.717) is 17.8 Å². The van der Waals surface area contributed by atoms with Crippen LogP contribution in [0.15, 0.2) is 23.8 Å². The smallest absolute Gasteiger partial charge is 0.0771 e. The molecule has 188 valence electrons. The van der Waals surface area contributed by atoms with E-state index in [2.05, 4.69) is 53.7 Å². The minimum absolute atomic E-state index is 0.0914. The van der Waals surface area contributed by atoms with Gasteiger partial charge in [0.05, 0.1) is 17.8 Å². The number of aliphatic hydroxyl groups excluding tert-OH is 2. The van der Waals surface area contributed by atoms with Gasteiger partial charge < -0.3 is 15.3 Å². The van der Waals surface area contributed by atoms with Crippen molar-refractivity contribution in [3.05, 3.63) is 23.8 Å². The fourth-order valence-electron chi connectivity index (χ4n) is 9.46. The van der Waals surface area contributed by atoms with Gasteiger partial charge in [-0.1, -0.05) is 65.3 Å². The molecular formula is C30H50O3. The molecule has 9 atom stereocenters. The molecule has 4 aliphatic carbocycles. The van der Waals surface area contributed by atoms with Gasteiger partial charge in [-0.25, -0.2) is 0 Å². The zero-order valence-corrected chi connectivity index (χ0v) is 22.5. The second kappa shape index (κ2) is 7.93. The Balaban J connectivity index is 1.66. The van der Waals surface area contributed by atoms with Crippen LogP contribution in [0, 0.1) is 45.3 Å². The van der Waals surface area contributed by atoms with E-state index in [0.717, 1.165) is 25.7 Å². The SMILES string of the molecule is C[C@H](C/C=C/C(C)(C)O)[C@H]1CC[C@@]2(C)[C@@H]3[C@@H](O)C=C4[C@@H](CC[C@H](O)C4(C)C)[C@]3(C)CC[C@]12C. The maximum Gasteiger partial charge on any atom is 0.0771 e. The quantitative estimate of drug-likeness (QED) is 0.435. The molecule has 4 aliphatic rings.